The molecule has 3 aromatic carbocycles. The lowest BCUT2D eigenvalue weighted by atomic mass is 10.1. The average molecular weight is 532 g/mol. The SMILES string of the molecule is COc1ccc(Oc2c(C(F)(F)F)oc3c4c(ccc3c2=O)OCN(CCc2ccc(Cl)cc2)C4)cc1. The molecule has 0 bridgehead atoms. The van der Waals surface area contributed by atoms with E-state index < -0.39 is 23.1 Å². The van der Waals surface area contributed by atoms with Crippen molar-refractivity contribution in [2.75, 3.05) is 20.4 Å². The largest absolute Gasteiger partial charge is 0.497 e. The quantitative estimate of drug-likeness (QED) is 0.277. The van der Waals surface area contributed by atoms with Gasteiger partial charge in [-0.3, -0.25) is 9.69 Å². The molecule has 192 valence electrons. The van der Waals surface area contributed by atoms with Gasteiger partial charge >= 0.3 is 6.18 Å². The number of nitrogens with zero attached hydrogens (tertiary/aromatic N) is 1. The van der Waals surface area contributed by atoms with Crippen LogP contribution in [0.1, 0.15) is 16.9 Å². The Morgan fingerprint density at radius 1 is 1.00 bits per heavy atom. The smallest absolute Gasteiger partial charge is 0.453 e. The van der Waals surface area contributed by atoms with E-state index in [-0.39, 0.29) is 30.0 Å². The minimum atomic E-state index is -4.97. The molecular weight excluding hydrogens is 511 g/mol. The molecule has 10 heteroatoms. The highest BCUT2D eigenvalue weighted by Gasteiger charge is 2.41. The van der Waals surface area contributed by atoms with E-state index in [9.17, 15) is 18.0 Å². The van der Waals surface area contributed by atoms with Gasteiger partial charge in [-0.05, 0) is 60.5 Å². The van der Waals surface area contributed by atoms with Crippen LogP contribution in [0, 0.1) is 0 Å². The second kappa shape index (κ2) is 9.99. The van der Waals surface area contributed by atoms with Crippen LogP contribution in [-0.2, 0) is 19.1 Å². The third-order valence-corrected chi connectivity index (χ3v) is 6.28. The first-order valence-corrected chi connectivity index (χ1v) is 11.7. The molecule has 2 heterocycles. The number of hydrogen-bond acceptors (Lipinski definition) is 6. The Hall–Kier alpha value is -3.69. The number of benzene rings is 3. The Morgan fingerprint density at radius 2 is 1.70 bits per heavy atom. The average Bonchev–Trinajstić information content (AvgIpc) is 2.89. The Balaban J connectivity index is 1.50. The molecule has 0 saturated heterocycles. The maximum atomic E-state index is 14.0. The first-order chi connectivity index (χ1) is 17.7. The summed E-state index contributed by atoms with van der Waals surface area (Å²) in [6.07, 6.45) is -4.29. The van der Waals surface area contributed by atoms with E-state index in [2.05, 4.69) is 0 Å². The molecule has 4 aromatic rings. The first kappa shape index (κ1) is 25.0. The fourth-order valence-electron chi connectivity index (χ4n) is 4.12. The Labute approximate surface area is 214 Å². The molecule has 0 amide bonds. The van der Waals surface area contributed by atoms with Gasteiger partial charge in [0, 0.05) is 18.1 Å². The van der Waals surface area contributed by atoms with Gasteiger partial charge in [-0.15, -0.1) is 0 Å². The summed E-state index contributed by atoms with van der Waals surface area (Å²) in [5.41, 5.74) is 0.330. The fourth-order valence-corrected chi connectivity index (χ4v) is 4.24. The van der Waals surface area contributed by atoms with E-state index in [1.165, 1.54) is 37.4 Å². The van der Waals surface area contributed by atoms with Crippen LogP contribution < -0.4 is 19.6 Å². The summed E-state index contributed by atoms with van der Waals surface area (Å²) in [5, 5.41) is 0.606. The van der Waals surface area contributed by atoms with Gasteiger partial charge in [-0.25, -0.2) is 0 Å². The zero-order valence-electron chi connectivity index (χ0n) is 19.6. The number of rotatable bonds is 6. The van der Waals surface area contributed by atoms with E-state index in [1.807, 2.05) is 17.0 Å². The van der Waals surface area contributed by atoms with Crippen molar-refractivity contribution in [1.29, 1.82) is 0 Å². The fraction of sp³-hybridized carbons (Fsp3) is 0.222. The van der Waals surface area contributed by atoms with Crippen molar-refractivity contribution in [3.05, 3.63) is 92.8 Å². The minimum Gasteiger partial charge on any atom is -0.497 e. The molecule has 1 aromatic heterocycles. The lowest BCUT2D eigenvalue weighted by Gasteiger charge is -2.29. The number of halogens is 4. The maximum Gasteiger partial charge on any atom is 0.453 e. The standard InChI is InChI=1S/C27H21ClF3NO5/c1-34-18-6-8-19(9-7-18)36-25-23(33)20-10-11-22-21(24(20)37-26(25)27(29,30)31)14-32(15-35-22)13-12-16-2-4-17(28)5-3-16/h2-11H,12-15H2,1H3. The highest BCUT2D eigenvalue weighted by molar-refractivity contribution is 6.30. The van der Waals surface area contributed by atoms with Crippen LogP contribution in [0.15, 0.2) is 69.9 Å². The minimum absolute atomic E-state index is 0.0292. The van der Waals surface area contributed by atoms with Crippen LogP contribution in [-0.4, -0.2) is 25.3 Å². The predicted octanol–water partition coefficient (Wildman–Crippen LogP) is 6.66. The Kier molecular flexibility index (Phi) is 6.74. The van der Waals surface area contributed by atoms with Gasteiger partial charge in [0.2, 0.25) is 11.2 Å². The zero-order valence-corrected chi connectivity index (χ0v) is 20.4. The predicted molar refractivity (Wildman–Crippen MR) is 132 cm³/mol. The Morgan fingerprint density at radius 3 is 2.38 bits per heavy atom. The van der Waals surface area contributed by atoms with Gasteiger partial charge < -0.3 is 18.6 Å². The van der Waals surface area contributed by atoms with E-state index in [4.69, 9.17) is 30.2 Å². The third-order valence-electron chi connectivity index (χ3n) is 6.03. The van der Waals surface area contributed by atoms with Crippen molar-refractivity contribution in [3.63, 3.8) is 0 Å². The number of methoxy groups -OCH3 is 1. The molecule has 0 saturated carbocycles. The molecule has 0 N–H and O–H groups in total. The highest BCUT2D eigenvalue weighted by atomic mass is 35.5. The van der Waals surface area contributed by atoms with E-state index in [1.54, 1.807) is 18.2 Å². The number of fused-ring (bicyclic) bond motifs is 3. The normalized spacial score (nSPS) is 13.8. The van der Waals surface area contributed by atoms with E-state index in [0.29, 0.717) is 35.1 Å². The van der Waals surface area contributed by atoms with Gasteiger partial charge in [-0.2, -0.15) is 13.2 Å². The zero-order chi connectivity index (χ0) is 26.2. The van der Waals surface area contributed by atoms with Crippen molar-refractivity contribution in [2.45, 2.75) is 19.1 Å². The van der Waals surface area contributed by atoms with Gasteiger partial charge in [0.15, 0.2) is 0 Å². The summed E-state index contributed by atoms with van der Waals surface area (Å²) in [4.78, 5) is 15.2. The van der Waals surface area contributed by atoms with Crippen molar-refractivity contribution < 1.29 is 31.8 Å². The van der Waals surface area contributed by atoms with E-state index >= 15 is 0 Å². The summed E-state index contributed by atoms with van der Waals surface area (Å²) in [5.74, 6) is -1.54. The monoisotopic (exact) mass is 531 g/mol. The molecule has 0 unspecified atom stereocenters. The van der Waals surface area contributed by atoms with Crippen LogP contribution in [0.25, 0.3) is 11.0 Å². The summed E-state index contributed by atoms with van der Waals surface area (Å²) in [6.45, 7) is 1.08. The first-order valence-electron chi connectivity index (χ1n) is 11.3. The second-order valence-corrected chi connectivity index (χ2v) is 8.92. The summed E-state index contributed by atoms with van der Waals surface area (Å²) >= 11 is 5.94. The molecule has 0 spiro atoms. The van der Waals surface area contributed by atoms with Gasteiger partial charge in [0.1, 0.15) is 29.6 Å². The lowest BCUT2D eigenvalue weighted by molar-refractivity contribution is -0.154. The van der Waals surface area contributed by atoms with Crippen LogP contribution in [0.4, 0.5) is 13.2 Å². The summed E-state index contributed by atoms with van der Waals surface area (Å²) in [6, 6.07) is 16.2. The summed E-state index contributed by atoms with van der Waals surface area (Å²) < 4.78 is 63.7. The molecule has 0 aliphatic carbocycles. The molecule has 0 atom stereocenters. The van der Waals surface area contributed by atoms with Crippen LogP contribution >= 0.6 is 11.6 Å². The highest BCUT2D eigenvalue weighted by Crippen LogP contribution is 2.41. The van der Waals surface area contributed by atoms with Gasteiger partial charge in [0.25, 0.3) is 5.76 Å². The molecule has 1 aliphatic rings. The Bertz CT molecular complexity index is 1480. The van der Waals surface area contributed by atoms with Crippen LogP contribution in [0.3, 0.4) is 0 Å². The molecule has 6 nitrogen and oxygen atoms in total. The van der Waals surface area contributed by atoms with Crippen molar-refractivity contribution in [1.82, 2.24) is 4.90 Å². The van der Waals surface area contributed by atoms with Crippen LogP contribution in [0.5, 0.6) is 23.0 Å². The summed E-state index contributed by atoms with van der Waals surface area (Å²) in [7, 11) is 1.46. The molecule has 5 rings (SSSR count). The number of alkyl halides is 3. The third kappa shape index (κ3) is 5.23. The van der Waals surface area contributed by atoms with Crippen LogP contribution in [0.2, 0.25) is 5.02 Å². The maximum absolute atomic E-state index is 14.0. The van der Waals surface area contributed by atoms with Crippen molar-refractivity contribution >= 4 is 22.6 Å². The number of hydrogen-bond donors (Lipinski definition) is 0. The van der Waals surface area contributed by atoms with Crippen molar-refractivity contribution in [3.8, 4) is 23.0 Å². The molecule has 0 fully saturated rings. The van der Waals surface area contributed by atoms with E-state index in [0.717, 1.165) is 5.56 Å². The van der Waals surface area contributed by atoms with Crippen molar-refractivity contribution in [2.24, 2.45) is 0 Å². The molecular formula is C27H21ClF3NO5. The second-order valence-electron chi connectivity index (χ2n) is 8.49. The van der Waals surface area contributed by atoms with Gasteiger partial charge in [0.05, 0.1) is 18.1 Å². The topological polar surface area (TPSA) is 61.1 Å². The molecule has 0 radical (unpaired) electrons. The molecule has 37 heavy (non-hydrogen) atoms. The molecule has 1 aliphatic heterocycles. The number of ether oxygens (including phenoxy) is 3. The lowest BCUT2D eigenvalue weighted by Crippen LogP contribution is -2.34. The van der Waals surface area contributed by atoms with Gasteiger partial charge in [-0.1, -0.05) is 23.7 Å².